The molecule has 1 saturated heterocycles. The number of hydrogen-bond acceptors (Lipinski definition) is 4. The molecule has 1 amide bonds. The van der Waals surface area contributed by atoms with E-state index in [2.05, 4.69) is 10.1 Å². The van der Waals surface area contributed by atoms with Crippen LogP contribution in [0.1, 0.15) is 24.6 Å². The number of rotatable bonds is 3. The van der Waals surface area contributed by atoms with Gasteiger partial charge < -0.3 is 9.64 Å². The van der Waals surface area contributed by atoms with E-state index in [1.807, 2.05) is 0 Å². The molecule has 0 saturated carbocycles. The molecule has 7 heteroatoms. The van der Waals surface area contributed by atoms with E-state index in [-0.39, 0.29) is 17.8 Å². The highest BCUT2D eigenvalue weighted by Gasteiger charge is 2.29. The van der Waals surface area contributed by atoms with Crippen LogP contribution in [0.5, 0.6) is 0 Å². The highest BCUT2D eigenvalue weighted by Crippen LogP contribution is 2.24. The Morgan fingerprint density at radius 2 is 2.18 bits per heavy atom. The van der Waals surface area contributed by atoms with Crippen LogP contribution in [0, 0.1) is 5.82 Å². The van der Waals surface area contributed by atoms with Gasteiger partial charge in [0.25, 0.3) is 0 Å². The maximum atomic E-state index is 13.0. The lowest BCUT2D eigenvalue weighted by atomic mass is 10.1. The summed E-state index contributed by atoms with van der Waals surface area (Å²) in [5.74, 6) is -0.312. The van der Waals surface area contributed by atoms with Crippen molar-refractivity contribution in [2.24, 2.45) is 0 Å². The van der Waals surface area contributed by atoms with Crippen molar-refractivity contribution in [1.29, 1.82) is 0 Å². The van der Waals surface area contributed by atoms with Crippen LogP contribution in [0.15, 0.2) is 36.9 Å². The molecule has 1 aliphatic heterocycles. The zero-order valence-electron chi connectivity index (χ0n) is 12.2. The molecule has 3 rings (SSSR count). The van der Waals surface area contributed by atoms with Gasteiger partial charge in [-0.3, -0.25) is 4.79 Å². The fraction of sp³-hybridized carbons (Fsp3) is 0.400. The molecule has 0 aliphatic carbocycles. The first-order valence-corrected chi connectivity index (χ1v) is 7.15. The van der Waals surface area contributed by atoms with Gasteiger partial charge in [0, 0.05) is 6.54 Å². The summed E-state index contributed by atoms with van der Waals surface area (Å²) < 4.78 is 20.2. The molecule has 0 N–H and O–H groups in total. The number of morpholine rings is 1. The molecular weight excluding hydrogens is 287 g/mol. The Morgan fingerprint density at radius 3 is 2.86 bits per heavy atom. The van der Waals surface area contributed by atoms with Crippen molar-refractivity contribution in [2.45, 2.75) is 19.1 Å². The quantitative estimate of drug-likeness (QED) is 0.864. The number of amides is 1. The lowest BCUT2D eigenvalue weighted by Crippen LogP contribution is -2.45. The van der Waals surface area contributed by atoms with Gasteiger partial charge in [-0.2, -0.15) is 5.10 Å². The van der Waals surface area contributed by atoms with Gasteiger partial charge in [0.2, 0.25) is 5.91 Å². The summed E-state index contributed by atoms with van der Waals surface area (Å²) in [5, 5.41) is 4.00. The highest BCUT2D eigenvalue weighted by molar-refractivity contribution is 5.80. The summed E-state index contributed by atoms with van der Waals surface area (Å²) in [5.41, 5.74) is 0.868. The summed E-state index contributed by atoms with van der Waals surface area (Å²) in [6.45, 7) is 3.23. The minimum Gasteiger partial charge on any atom is -0.370 e. The third-order valence-electron chi connectivity index (χ3n) is 3.81. The van der Waals surface area contributed by atoms with E-state index in [1.54, 1.807) is 24.0 Å². The molecular formula is C15H17FN4O2. The normalized spacial score (nSPS) is 19.9. The maximum Gasteiger partial charge on any atom is 0.247 e. The van der Waals surface area contributed by atoms with Crippen molar-refractivity contribution in [3.8, 4) is 0 Å². The molecule has 6 nitrogen and oxygen atoms in total. The van der Waals surface area contributed by atoms with Crippen LogP contribution in [0.25, 0.3) is 0 Å². The first-order chi connectivity index (χ1) is 10.6. The number of halogens is 1. The average Bonchev–Trinajstić information content (AvgIpc) is 3.09. The van der Waals surface area contributed by atoms with Crippen LogP contribution in [0.4, 0.5) is 4.39 Å². The molecule has 0 spiro atoms. The van der Waals surface area contributed by atoms with Gasteiger partial charge in [-0.05, 0) is 24.6 Å². The Bertz CT molecular complexity index is 630. The smallest absolute Gasteiger partial charge is 0.247 e. The monoisotopic (exact) mass is 304 g/mol. The van der Waals surface area contributed by atoms with Gasteiger partial charge in [0.05, 0.1) is 13.2 Å². The summed E-state index contributed by atoms with van der Waals surface area (Å²) in [6.07, 6.45) is 2.70. The van der Waals surface area contributed by atoms with Crippen molar-refractivity contribution in [3.05, 3.63) is 48.3 Å². The number of carbonyl (C=O) groups excluding carboxylic acids is 1. The van der Waals surface area contributed by atoms with Crippen molar-refractivity contribution in [3.63, 3.8) is 0 Å². The second-order valence-electron chi connectivity index (χ2n) is 5.25. The molecule has 1 aliphatic rings. The fourth-order valence-corrected chi connectivity index (χ4v) is 2.52. The van der Waals surface area contributed by atoms with Crippen molar-refractivity contribution >= 4 is 5.91 Å². The Morgan fingerprint density at radius 1 is 1.41 bits per heavy atom. The largest absolute Gasteiger partial charge is 0.370 e. The van der Waals surface area contributed by atoms with Crippen LogP contribution >= 0.6 is 0 Å². The van der Waals surface area contributed by atoms with Crippen LogP contribution in [-0.4, -0.2) is 45.3 Å². The average molecular weight is 304 g/mol. The van der Waals surface area contributed by atoms with Gasteiger partial charge in [-0.1, -0.05) is 12.1 Å². The first-order valence-electron chi connectivity index (χ1n) is 7.15. The van der Waals surface area contributed by atoms with Crippen molar-refractivity contribution in [2.75, 3.05) is 19.7 Å². The number of aromatic nitrogens is 3. The van der Waals surface area contributed by atoms with Gasteiger partial charge in [-0.15, -0.1) is 0 Å². The van der Waals surface area contributed by atoms with Crippen LogP contribution < -0.4 is 0 Å². The molecule has 0 bridgehead atoms. The molecule has 116 valence electrons. The Kier molecular flexibility index (Phi) is 4.15. The van der Waals surface area contributed by atoms with E-state index < -0.39 is 6.04 Å². The molecule has 1 aromatic carbocycles. The van der Waals surface area contributed by atoms with Gasteiger partial charge in [-0.25, -0.2) is 14.1 Å². The number of benzene rings is 1. The van der Waals surface area contributed by atoms with Crippen LogP contribution in [-0.2, 0) is 9.53 Å². The maximum absolute atomic E-state index is 13.0. The number of hydrogen-bond donors (Lipinski definition) is 0. The van der Waals surface area contributed by atoms with Gasteiger partial charge in [0.1, 0.15) is 30.6 Å². The lowest BCUT2D eigenvalue weighted by Gasteiger charge is -2.34. The fourth-order valence-electron chi connectivity index (χ4n) is 2.52. The van der Waals surface area contributed by atoms with Gasteiger partial charge >= 0.3 is 0 Å². The zero-order chi connectivity index (χ0) is 15.5. The number of carbonyl (C=O) groups is 1. The van der Waals surface area contributed by atoms with E-state index in [9.17, 15) is 9.18 Å². The standard InChI is InChI=1S/C15H17FN4O2/c1-11(20-10-17-9-18-20)15(21)19-6-7-22-14(8-19)12-2-4-13(16)5-3-12/h2-5,9-11,14H,6-8H2,1H3/t11-,14-/m1/s1. The molecule has 2 atom stereocenters. The predicted molar refractivity (Wildman–Crippen MR) is 76.4 cm³/mol. The summed E-state index contributed by atoms with van der Waals surface area (Å²) in [4.78, 5) is 18.2. The molecule has 2 aromatic rings. The van der Waals surface area contributed by atoms with Crippen LogP contribution in [0.3, 0.4) is 0 Å². The highest BCUT2D eigenvalue weighted by atomic mass is 19.1. The van der Waals surface area contributed by atoms with E-state index in [1.165, 1.54) is 29.5 Å². The van der Waals surface area contributed by atoms with E-state index >= 15 is 0 Å². The predicted octanol–water partition coefficient (Wildman–Crippen LogP) is 1.58. The minimum atomic E-state index is -0.408. The van der Waals surface area contributed by atoms with Crippen molar-refractivity contribution < 1.29 is 13.9 Å². The zero-order valence-corrected chi connectivity index (χ0v) is 12.2. The first kappa shape index (κ1) is 14.6. The van der Waals surface area contributed by atoms with Crippen LogP contribution in [0.2, 0.25) is 0 Å². The van der Waals surface area contributed by atoms with E-state index in [0.29, 0.717) is 19.7 Å². The summed E-state index contributed by atoms with van der Waals surface area (Å²) in [6, 6.07) is 5.77. The second kappa shape index (κ2) is 6.23. The van der Waals surface area contributed by atoms with Crippen molar-refractivity contribution in [1.82, 2.24) is 19.7 Å². The molecule has 0 radical (unpaired) electrons. The topological polar surface area (TPSA) is 60.2 Å². The molecule has 2 heterocycles. The molecule has 22 heavy (non-hydrogen) atoms. The lowest BCUT2D eigenvalue weighted by molar-refractivity contribution is -0.142. The molecule has 1 fully saturated rings. The third kappa shape index (κ3) is 2.99. The van der Waals surface area contributed by atoms with E-state index in [0.717, 1.165) is 5.56 Å². The third-order valence-corrected chi connectivity index (χ3v) is 3.81. The molecule has 1 aromatic heterocycles. The van der Waals surface area contributed by atoms with Gasteiger partial charge in [0.15, 0.2) is 0 Å². The number of nitrogens with zero attached hydrogens (tertiary/aromatic N) is 4. The SMILES string of the molecule is C[C@H](C(=O)N1CCO[C@@H](c2ccc(F)cc2)C1)n1cncn1. The summed E-state index contributed by atoms with van der Waals surface area (Å²) in [7, 11) is 0. The second-order valence-corrected chi connectivity index (χ2v) is 5.25. The Labute approximate surface area is 127 Å². The molecule has 0 unspecified atom stereocenters. The minimum absolute atomic E-state index is 0.0269. The van der Waals surface area contributed by atoms with E-state index in [4.69, 9.17) is 4.74 Å². The Balaban J connectivity index is 1.70. The summed E-state index contributed by atoms with van der Waals surface area (Å²) >= 11 is 0. The Hall–Kier alpha value is -2.28. The number of ether oxygens (including phenoxy) is 1.